The highest BCUT2D eigenvalue weighted by Crippen LogP contribution is 2.45. The van der Waals surface area contributed by atoms with Crippen LogP contribution in [0.1, 0.15) is 75.1 Å². The second kappa shape index (κ2) is 14.1. The molecule has 49 heavy (non-hydrogen) atoms. The highest BCUT2D eigenvalue weighted by molar-refractivity contribution is 7.16. The molecule has 3 saturated heterocycles. The van der Waals surface area contributed by atoms with E-state index in [0.29, 0.717) is 60.5 Å². The fourth-order valence-corrected chi connectivity index (χ4v) is 8.68. The van der Waals surface area contributed by atoms with E-state index in [0.717, 1.165) is 81.5 Å². The number of morpholine rings is 1. The van der Waals surface area contributed by atoms with Gasteiger partial charge in [-0.2, -0.15) is 5.26 Å². The monoisotopic (exact) mass is 691 g/mol. The van der Waals surface area contributed by atoms with Gasteiger partial charge in [-0.05, 0) is 65.9 Å². The van der Waals surface area contributed by atoms with Gasteiger partial charge in [-0.3, -0.25) is 15.1 Å². The summed E-state index contributed by atoms with van der Waals surface area (Å²) in [6, 6.07) is 6.65. The van der Waals surface area contributed by atoms with Crippen molar-refractivity contribution >= 4 is 45.7 Å². The third-order valence-electron chi connectivity index (χ3n) is 10.2. The van der Waals surface area contributed by atoms with Crippen LogP contribution < -0.4 is 20.9 Å². The first-order valence-corrected chi connectivity index (χ1v) is 18.2. The van der Waals surface area contributed by atoms with Crippen LogP contribution in [0.15, 0.2) is 12.1 Å². The number of nitrogen functional groups attached to an aromatic ring is 1. The number of nitrogens with two attached hydrogens (primary N) is 1. The second-order valence-electron chi connectivity index (χ2n) is 14.7. The number of carbonyl (C=O) groups excluding carboxylic acids is 2. The number of rotatable bonds is 5. The minimum Gasteiger partial charge on any atom is -0.444 e. The highest BCUT2D eigenvalue weighted by atomic mass is 32.1. The number of hydrogen-bond acceptors (Lipinski definition) is 12. The number of nitrogens with zero attached hydrogens (tertiary/aromatic N) is 6. The zero-order chi connectivity index (χ0) is 34.9. The molecule has 1 atom stereocenters. The number of hydrogen-bond donors (Lipinski definition) is 3. The first kappa shape index (κ1) is 34.9. The van der Waals surface area contributed by atoms with Crippen molar-refractivity contribution in [3.05, 3.63) is 33.8 Å². The van der Waals surface area contributed by atoms with Crippen molar-refractivity contribution in [2.45, 2.75) is 76.9 Å². The number of piperidine rings is 1. The van der Waals surface area contributed by atoms with Crippen LogP contribution in [0.3, 0.4) is 0 Å². The molecule has 1 unspecified atom stereocenters. The SMILES string of the molecule is CC(C)(C)OC(=O)N1CCN(c2cc(C(=N)NC(=O)C3(C)CCCc4sc(N)c(C#N)c43)nc(N3CCC(N4CCOCC4)CC3)c2)CC1. The topological polar surface area (TPSA) is 164 Å². The van der Waals surface area contributed by atoms with Crippen molar-refractivity contribution in [2.24, 2.45) is 0 Å². The smallest absolute Gasteiger partial charge is 0.410 e. The number of aromatic nitrogens is 1. The summed E-state index contributed by atoms with van der Waals surface area (Å²) in [5.74, 6) is 0.350. The molecule has 0 spiro atoms. The van der Waals surface area contributed by atoms with E-state index in [1.165, 1.54) is 11.3 Å². The average Bonchev–Trinajstić information content (AvgIpc) is 3.44. The van der Waals surface area contributed by atoms with Crippen LogP contribution >= 0.6 is 11.3 Å². The summed E-state index contributed by atoms with van der Waals surface area (Å²) in [5.41, 5.74) is 6.97. The molecule has 3 aliphatic heterocycles. The zero-order valence-electron chi connectivity index (χ0n) is 29.1. The van der Waals surface area contributed by atoms with E-state index in [4.69, 9.17) is 25.6 Å². The first-order valence-electron chi connectivity index (χ1n) is 17.4. The van der Waals surface area contributed by atoms with Crippen LogP contribution in [-0.2, 0) is 26.1 Å². The molecule has 2 amide bonds. The minimum absolute atomic E-state index is 0.0845. The van der Waals surface area contributed by atoms with Crippen molar-refractivity contribution in [1.29, 1.82) is 10.7 Å². The largest absolute Gasteiger partial charge is 0.444 e. The Morgan fingerprint density at radius 2 is 1.80 bits per heavy atom. The molecule has 5 heterocycles. The number of nitrogens with one attached hydrogen (secondary N) is 2. The lowest BCUT2D eigenvalue weighted by Gasteiger charge is -2.41. The van der Waals surface area contributed by atoms with Crippen LogP contribution in [0.5, 0.6) is 0 Å². The Labute approximate surface area is 292 Å². The summed E-state index contributed by atoms with van der Waals surface area (Å²) in [7, 11) is 0. The van der Waals surface area contributed by atoms with Gasteiger partial charge in [0, 0.05) is 80.6 Å². The lowest BCUT2D eigenvalue weighted by Crippen LogP contribution is -2.50. The molecule has 6 rings (SSSR count). The molecular formula is C35H49N9O4S. The zero-order valence-corrected chi connectivity index (χ0v) is 30.0. The Hall–Kier alpha value is -3.93. The summed E-state index contributed by atoms with van der Waals surface area (Å²) in [6.07, 6.45) is 3.83. The Kier molecular flexibility index (Phi) is 10.1. The maximum atomic E-state index is 14.0. The van der Waals surface area contributed by atoms with E-state index >= 15 is 0 Å². The Bertz CT molecular complexity index is 1610. The van der Waals surface area contributed by atoms with Crippen LogP contribution in [0.25, 0.3) is 0 Å². The van der Waals surface area contributed by atoms with Gasteiger partial charge >= 0.3 is 6.09 Å². The molecule has 0 radical (unpaired) electrons. The molecular weight excluding hydrogens is 643 g/mol. The van der Waals surface area contributed by atoms with Gasteiger partial charge in [0.15, 0.2) is 5.84 Å². The lowest BCUT2D eigenvalue weighted by atomic mass is 9.72. The maximum Gasteiger partial charge on any atom is 0.410 e. The normalized spacial score (nSPS) is 22.3. The van der Waals surface area contributed by atoms with Crippen LogP contribution in [0, 0.1) is 16.7 Å². The van der Waals surface area contributed by atoms with Crippen molar-refractivity contribution in [2.75, 3.05) is 81.1 Å². The summed E-state index contributed by atoms with van der Waals surface area (Å²) in [5, 5.41) is 22.3. The molecule has 3 fully saturated rings. The van der Waals surface area contributed by atoms with Crippen molar-refractivity contribution in [3.8, 4) is 6.07 Å². The number of amides is 2. The fourth-order valence-electron chi connectivity index (χ4n) is 7.49. The molecule has 2 aromatic heterocycles. The van der Waals surface area contributed by atoms with Gasteiger partial charge in [-0.15, -0.1) is 11.3 Å². The van der Waals surface area contributed by atoms with Gasteiger partial charge in [-0.1, -0.05) is 0 Å². The number of fused-ring (bicyclic) bond motifs is 1. The predicted octanol–water partition coefficient (Wildman–Crippen LogP) is 3.69. The molecule has 14 heteroatoms. The number of carbonyl (C=O) groups is 2. The standard InChI is InChI=1S/C35H49N9O4S/c1-34(2,3)48-33(46)44-14-12-41(13-15-44)24-20-26(39-28(21-24)43-10-7-23(8-11-43)42-16-18-47-19-17-42)30(37)40-32(45)35(4)9-5-6-27-29(35)25(22-36)31(38)49-27/h20-21,23H,5-19,38H2,1-4H3,(H2,37,40,45). The van der Waals surface area contributed by atoms with E-state index in [1.807, 2.05) is 33.8 Å². The summed E-state index contributed by atoms with van der Waals surface area (Å²) in [6.45, 7) is 14.8. The molecule has 4 aliphatic rings. The minimum atomic E-state index is -0.987. The highest BCUT2D eigenvalue weighted by Gasteiger charge is 2.43. The molecule has 2 aromatic rings. The quantitative estimate of drug-likeness (QED) is 0.311. The Morgan fingerprint density at radius 3 is 2.45 bits per heavy atom. The summed E-state index contributed by atoms with van der Waals surface area (Å²) < 4.78 is 11.2. The number of nitriles is 1. The van der Waals surface area contributed by atoms with Gasteiger partial charge in [-0.25, -0.2) is 9.78 Å². The number of anilines is 3. The maximum absolute atomic E-state index is 14.0. The van der Waals surface area contributed by atoms with Crippen molar-refractivity contribution in [3.63, 3.8) is 0 Å². The van der Waals surface area contributed by atoms with Crippen LogP contribution in [0.2, 0.25) is 0 Å². The van der Waals surface area contributed by atoms with Gasteiger partial charge in [0.1, 0.15) is 28.2 Å². The molecule has 13 nitrogen and oxygen atoms in total. The number of thiophene rings is 1. The Morgan fingerprint density at radius 1 is 1.10 bits per heavy atom. The molecule has 1 aliphatic carbocycles. The summed E-state index contributed by atoms with van der Waals surface area (Å²) in [4.78, 5) is 41.4. The molecule has 0 saturated carbocycles. The van der Waals surface area contributed by atoms with Crippen molar-refractivity contribution in [1.82, 2.24) is 20.1 Å². The molecule has 0 aromatic carbocycles. The predicted molar refractivity (Wildman–Crippen MR) is 191 cm³/mol. The third kappa shape index (κ3) is 7.49. The lowest BCUT2D eigenvalue weighted by molar-refractivity contribution is -0.125. The Balaban J connectivity index is 1.23. The fraction of sp³-hybridized carbons (Fsp3) is 0.629. The molecule has 0 bridgehead atoms. The second-order valence-corrected chi connectivity index (χ2v) is 15.8. The van der Waals surface area contributed by atoms with E-state index in [-0.39, 0.29) is 17.8 Å². The van der Waals surface area contributed by atoms with Gasteiger partial charge in [0.25, 0.3) is 0 Å². The molecule has 264 valence electrons. The van der Waals surface area contributed by atoms with E-state index in [2.05, 4.69) is 32.2 Å². The first-order chi connectivity index (χ1) is 23.4. The van der Waals surface area contributed by atoms with Crippen LogP contribution in [0.4, 0.5) is 21.3 Å². The van der Waals surface area contributed by atoms with Crippen molar-refractivity contribution < 1.29 is 19.1 Å². The van der Waals surface area contributed by atoms with Gasteiger partial charge in [0.2, 0.25) is 5.91 Å². The average molecular weight is 692 g/mol. The number of piperazine rings is 1. The summed E-state index contributed by atoms with van der Waals surface area (Å²) >= 11 is 1.38. The number of amidine groups is 1. The number of ether oxygens (including phenoxy) is 2. The van der Waals surface area contributed by atoms with E-state index in [9.17, 15) is 14.9 Å². The van der Waals surface area contributed by atoms with E-state index < -0.39 is 11.0 Å². The number of aryl methyl sites for hydroxylation is 1. The van der Waals surface area contributed by atoms with Gasteiger partial charge in [0.05, 0.1) is 24.2 Å². The van der Waals surface area contributed by atoms with Crippen LogP contribution in [-0.4, -0.2) is 110 Å². The van der Waals surface area contributed by atoms with E-state index in [1.54, 1.807) is 4.90 Å². The molecule has 4 N–H and O–H groups in total. The third-order valence-corrected chi connectivity index (χ3v) is 11.3. The number of pyridine rings is 1. The van der Waals surface area contributed by atoms with Gasteiger partial charge < -0.3 is 35.2 Å².